The highest BCUT2D eigenvalue weighted by Crippen LogP contribution is 2.20. The van der Waals surface area contributed by atoms with Crippen LogP contribution in [0.3, 0.4) is 0 Å². The van der Waals surface area contributed by atoms with E-state index in [0.717, 1.165) is 14.5 Å². The molecule has 0 saturated heterocycles. The number of anilines is 1. The van der Waals surface area contributed by atoms with Crippen LogP contribution >= 0.6 is 31.9 Å². The molecule has 0 aliphatic carbocycles. The third kappa shape index (κ3) is 4.04. The summed E-state index contributed by atoms with van der Waals surface area (Å²) in [4.78, 5) is 18.4. The second-order valence-corrected chi connectivity index (χ2v) is 6.42. The highest BCUT2D eigenvalue weighted by atomic mass is 79.9. The summed E-state index contributed by atoms with van der Waals surface area (Å²) < 4.78 is 1.80. The van der Waals surface area contributed by atoms with E-state index in [1.165, 1.54) is 0 Å². The Morgan fingerprint density at radius 3 is 2.52 bits per heavy atom. The molecule has 0 aliphatic heterocycles. The van der Waals surface area contributed by atoms with Gasteiger partial charge in [-0.05, 0) is 39.7 Å². The Labute approximate surface area is 140 Å². The predicted octanol–water partition coefficient (Wildman–Crippen LogP) is 3.92. The number of amides is 1. The van der Waals surface area contributed by atoms with Crippen molar-refractivity contribution >= 4 is 43.6 Å². The van der Waals surface area contributed by atoms with Crippen molar-refractivity contribution in [3.8, 4) is 0 Å². The van der Waals surface area contributed by atoms with Gasteiger partial charge in [0.1, 0.15) is 5.82 Å². The number of aromatic nitrogens is 1. The Morgan fingerprint density at radius 1 is 1.24 bits per heavy atom. The molecule has 2 rings (SSSR count). The number of carbonyl (C=O) groups is 1. The molecule has 0 fully saturated rings. The van der Waals surface area contributed by atoms with E-state index in [1.807, 2.05) is 24.3 Å². The topological polar surface area (TPSA) is 45.2 Å². The molecule has 110 valence electrons. The van der Waals surface area contributed by atoms with Gasteiger partial charge in [0.05, 0.1) is 5.56 Å². The minimum Gasteiger partial charge on any atom is -0.372 e. The van der Waals surface area contributed by atoms with Crippen LogP contribution in [-0.2, 0) is 6.54 Å². The zero-order chi connectivity index (χ0) is 15.4. The van der Waals surface area contributed by atoms with Gasteiger partial charge >= 0.3 is 0 Å². The number of nitrogens with zero attached hydrogens (tertiary/aromatic N) is 2. The molecule has 0 aliphatic rings. The number of halogens is 2. The average molecular weight is 413 g/mol. The van der Waals surface area contributed by atoms with Gasteiger partial charge in [0.15, 0.2) is 0 Å². The first-order valence-electron chi connectivity index (χ1n) is 6.34. The Hall–Kier alpha value is -1.40. The summed E-state index contributed by atoms with van der Waals surface area (Å²) >= 11 is 6.75. The maximum Gasteiger partial charge on any atom is 0.257 e. The van der Waals surface area contributed by atoms with Gasteiger partial charge in [0, 0.05) is 35.8 Å². The molecule has 21 heavy (non-hydrogen) atoms. The van der Waals surface area contributed by atoms with E-state index >= 15 is 0 Å². The van der Waals surface area contributed by atoms with Crippen LogP contribution in [0.4, 0.5) is 5.82 Å². The number of hydrogen-bond acceptors (Lipinski definition) is 3. The van der Waals surface area contributed by atoms with E-state index in [0.29, 0.717) is 17.9 Å². The fraction of sp³-hybridized carbons (Fsp3) is 0.200. The second-order valence-electron chi connectivity index (χ2n) is 4.59. The lowest BCUT2D eigenvalue weighted by Crippen LogP contribution is -2.27. The molecule has 6 heteroatoms. The average Bonchev–Trinajstić information content (AvgIpc) is 2.48. The second kappa shape index (κ2) is 7.04. The summed E-state index contributed by atoms with van der Waals surface area (Å²) in [7, 11) is 3.53. The van der Waals surface area contributed by atoms with Crippen LogP contribution in [0, 0.1) is 0 Å². The fourth-order valence-electron chi connectivity index (χ4n) is 1.94. The summed E-state index contributed by atoms with van der Waals surface area (Å²) in [6, 6.07) is 9.69. The first-order valence-corrected chi connectivity index (χ1v) is 7.93. The molecule has 1 heterocycles. The molecule has 0 saturated carbocycles. The zero-order valence-corrected chi connectivity index (χ0v) is 14.9. The van der Waals surface area contributed by atoms with Crippen LogP contribution in [0.5, 0.6) is 0 Å². The van der Waals surface area contributed by atoms with Crippen LogP contribution < -0.4 is 5.32 Å². The van der Waals surface area contributed by atoms with Gasteiger partial charge in [-0.15, -0.1) is 0 Å². The largest absolute Gasteiger partial charge is 0.372 e. The first kappa shape index (κ1) is 16.0. The molecule has 2 aromatic rings. The van der Waals surface area contributed by atoms with E-state index < -0.39 is 0 Å². The Bertz CT molecular complexity index is 644. The molecule has 1 aromatic carbocycles. The number of hydrogen-bond donors (Lipinski definition) is 1. The number of benzene rings is 1. The number of pyridine rings is 1. The summed E-state index contributed by atoms with van der Waals surface area (Å²) in [5, 5.41) is 2.94. The van der Waals surface area contributed by atoms with Crippen molar-refractivity contribution < 1.29 is 4.79 Å². The highest BCUT2D eigenvalue weighted by Gasteiger charge is 2.17. The zero-order valence-electron chi connectivity index (χ0n) is 11.7. The van der Waals surface area contributed by atoms with Crippen LogP contribution in [-0.4, -0.2) is 29.9 Å². The number of nitrogens with one attached hydrogen (secondary N) is 1. The molecule has 0 spiro atoms. The van der Waals surface area contributed by atoms with E-state index in [2.05, 4.69) is 42.2 Å². The van der Waals surface area contributed by atoms with E-state index in [9.17, 15) is 4.79 Å². The summed E-state index contributed by atoms with van der Waals surface area (Å²) in [5.74, 6) is 0.502. The van der Waals surface area contributed by atoms with Crippen molar-refractivity contribution in [1.82, 2.24) is 9.88 Å². The smallest absolute Gasteiger partial charge is 0.257 e. The minimum atomic E-state index is -0.0731. The third-order valence-electron chi connectivity index (χ3n) is 3.00. The summed E-state index contributed by atoms with van der Waals surface area (Å²) in [6.07, 6.45) is 1.66. The van der Waals surface area contributed by atoms with E-state index in [4.69, 9.17) is 0 Å². The molecule has 4 nitrogen and oxygen atoms in total. The van der Waals surface area contributed by atoms with Crippen molar-refractivity contribution in [2.75, 3.05) is 19.4 Å². The van der Waals surface area contributed by atoms with Crippen molar-refractivity contribution in [1.29, 1.82) is 0 Å². The van der Waals surface area contributed by atoms with Gasteiger partial charge in [-0.3, -0.25) is 4.79 Å². The first-order chi connectivity index (χ1) is 10.0. The molecular formula is C15H15Br2N3O. The molecule has 1 aromatic heterocycles. The van der Waals surface area contributed by atoms with Gasteiger partial charge in [0.25, 0.3) is 5.91 Å². The molecular weight excluding hydrogens is 398 g/mol. The number of carbonyl (C=O) groups excluding carboxylic acids is 1. The molecule has 0 unspecified atom stereocenters. The molecule has 0 atom stereocenters. The fourth-order valence-corrected chi connectivity index (χ4v) is 2.54. The van der Waals surface area contributed by atoms with Gasteiger partial charge < -0.3 is 10.2 Å². The lowest BCUT2D eigenvalue weighted by molar-refractivity contribution is 0.0785. The van der Waals surface area contributed by atoms with Gasteiger partial charge in [0.2, 0.25) is 0 Å². The Morgan fingerprint density at radius 2 is 1.90 bits per heavy atom. The van der Waals surface area contributed by atoms with Crippen molar-refractivity contribution in [3.05, 3.63) is 56.6 Å². The lowest BCUT2D eigenvalue weighted by atomic mass is 10.2. The van der Waals surface area contributed by atoms with Crippen molar-refractivity contribution in [3.63, 3.8) is 0 Å². The quantitative estimate of drug-likeness (QED) is 0.827. The van der Waals surface area contributed by atoms with Crippen LogP contribution in [0.2, 0.25) is 0 Å². The summed E-state index contributed by atoms with van der Waals surface area (Å²) in [6.45, 7) is 0.543. The van der Waals surface area contributed by atoms with Crippen molar-refractivity contribution in [2.45, 2.75) is 6.54 Å². The molecule has 1 amide bonds. The van der Waals surface area contributed by atoms with Crippen LogP contribution in [0.1, 0.15) is 15.9 Å². The minimum absolute atomic E-state index is 0.0731. The Kier molecular flexibility index (Phi) is 5.36. The standard InChI is InChI=1S/C15H15Br2N3O/c1-18-14-13(7-12(17)8-19-14)15(21)20(2)9-10-3-5-11(16)6-4-10/h3-8H,9H2,1-2H3,(H,18,19). The molecule has 0 bridgehead atoms. The van der Waals surface area contributed by atoms with Crippen LogP contribution in [0.15, 0.2) is 45.5 Å². The maximum absolute atomic E-state index is 12.6. The molecule has 0 radical (unpaired) electrons. The third-order valence-corrected chi connectivity index (χ3v) is 3.96. The SMILES string of the molecule is CNc1ncc(Br)cc1C(=O)N(C)Cc1ccc(Br)cc1. The highest BCUT2D eigenvalue weighted by molar-refractivity contribution is 9.10. The number of rotatable bonds is 4. The normalized spacial score (nSPS) is 10.3. The Balaban J connectivity index is 2.19. The van der Waals surface area contributed by atoms with Crippen LogP contribution in [0.25, 0.3) is 0 Å². The molecule has 1 N–H and O–H groups in total. The summed E-state index contributed by atoms with van der Waals surface area (Å²) in [5.41, 5.74) is 1.62. The van der Waals surface area contributed by atoms with Gasteiger partial charge in [-0.2, -0.15) is 0 Å². The predicted molar refractivity (Wildman–Crippen MR) is 91.4 cm³/mol. The van der Waals surface area contributed by atoms with Crippen molar-refractivity contribution in [2.24, 2.45) is 0 Å². The van der Waals surface area contributed by atoms with E-state index in [-0.39, 0.29) is 5.91 Å². The monoisotopic (exact) mass is 411 g/mol. The maximum atomic E-state index is 12.6. The lowest BCUT2D eigenvalue weighted by Gasteiger charge is -2.19. The van der Waals surface area contributed by atoms with Gasteiger partial charge in [-0.25, -0.2) is 4.98 Å². The van der Waals surface area contributed by atoms with Gasteiger partial charge in [-0.1, -0.05) is 28.1 Å². The van der Waals surface area contributed by atoms with E-state index in [1.54, 1.807) is 31.3 Å².